The highest BCUT2D eigenvalue weighted by Crippen LogP contribution is 2.34. The minimum atomic E-state index is -0.0465. The number of nitrogens with two attached hydrogens (primary N) is 1. The molecule has 1 fully saturated rings. The van der Waals surface area contributed by atoms with Crippen LogP contribution in [0.25, 0.3) is 0 Å². The molecule has 0 spiro atoms. The normalized spacial score (nSPS) is 23.8. The molecule has 104 valence electrons. The lowest BCUT2D eigenvalue weighted by Gasteiger charge is -2.40. The Hall–Kier alpha value is -0.580. The number of hydrogen-bond acceptors (Lipinski definition) is 2. The van der Waals surface area contributed by atoms with Gasteiger partial charge in [-0.2, -0.15) is 0 Å². The van der Waals surface area contributed by atoms with Gasteiger partial charge in [0.25, 0.3) is 0 Å². The molecular weight excluding hydrogens is 328 g/mol. The molecule has 0 saturated carbocycles. The van der Waals surface area contributed by atoms with Crippen molar-refractivity contribution in [3.8, 4) is 0 Å². The van der Waals surface area contributed by atoms with E-state index in [9.17, 15) is 4.79 Å². The van der Waals surface area contributed by atoms with Crippen molar-refractivity contribution in [1.82, 2.24) is 4.90 Å². The average molecular weight is 346 g/mol. The van der Waals surface area contributed by atoms with Crippen LogP contribution in [0, 0.1) is 0 Å². The second-order valence-corrected chi connectivity index (χ2v) is 6.17. The Bertz CT molecular complexity index is 481. The van der Waals surface area contributed by atoms with Crippen LogP contribution in [0.1, 0.15) is 37.8 Å². The minimum Gasteiger partial charge on any atom is -0.334 e. The molecule has 5 heteroatoms. The van der Waals surface area contributed by atoms with Gasteiger partial charge in [-0.15, -0.1) is 0 Å². The van der Waals surface area contributed by atoms with Crippen LogP contribution >= 0.6 is 27.5 Å². The lowest BCUT2D eigenvalue weighted by molar-refractivity contribution is -0.137. The standard InChI is InChI=1S/C14H18BrClN2O/c1-2-7-18-13(19)6-5-12(17)14(18)9-3-4-11(16)10(15)8-9/h3-4,8,12,14H,2,5-7,17H2,1H3. The molecule has 0 aromatic heterocycles. The van der Waals surface area contributed by atoms with E-state index in [0.717, 1.165) is 29.4 Å². The Morgan fingerprint density at radius 3 is 2.89 bits per heavy atom. The lowest BCUT2D eigenvalue weighted by atomic mass is 9.90. The number of hydrogen-bond donors (Lipinski definition) is 1. The van der Waals surface area contributed by atoms with Crippen LogP contribution < -0.4 is 5.73 Å². The summed E-state index contributed by atoms with van der Waals surface area (Å²) in [7, 11) is 0. The molecule has 2 rings (SSSR count). The topological polar surface area (TPSA) is 46.3 Å². The molecule has 2 unspecified atom stereocenters. The van der Waals surface area contributed by atoms with Crippen LogP contribution in [-0.2, 0) is 4.79 Å². The fourth-order valence-electron chi connectivity index (χ4n) is 2.61. The first-order chi connectivity index (χ1) is 9.04. The molecule has 0 aliphatic carbocycles. The highest BCUT2D eigenvalue weighted by Gasteiger charge is 2.34. The predicted molar refractivity (Wildman–Crippen MR) is 81.1 cm³/mol. The molecule has 1 amide bonds. The van der Waals surface area contributed by atoms with E-state index >= 15 is 0 Å². The molecule has 1 heterocycles. The molecule has 1 aliphatic rings. The number of halogens is 2. The van der Waals surface area contributed by atoms with Crippen molar-refractivity contribution >= 4 is 33.4 Å². The van der Waals surface area contributed by atoms with E-state index in [4.69, 9.17) is 17.3 Å². The van der Waals surface area contributed by atoms with Gasteiger partial charge >= 0.3 is 0 Å². The summed E-state index contributed by atoms with van der Waals surface area (Å²) in [5.41, 5.74) is 7.29. The van der Waals surface area contributed by atoms with Crippen molar-refractivity contribution in [2.45, 2.75) is 38.3 Å². The van der Waals surface area contributed by atoms with Gasteiger partial charge in [0.15, 0.2) is 0 Å². The maximum atomic E-state index is 12.1. The number of carbonyl (C=O) groups excluding carboxylic acids is 1. The fraction of sp³-hybridized carbons (Fsp3) is 0.500. The Labute approximate surface area is 127 Å². The van der Waals surface area contributed by atoms with E-state index in [-0.39, 0.29) is 18.0 Å². The first-order valence-corrected chi connectivity index (χ1v) is 7.71. The number of likely N-dealkylation sites (tertiary alicyclic amines) is 1. The van der Waals surface area contributed by atoms with Gasteiger partial charge in [-0.3, -0.25) is 4.79 Å². The number of carbonyl (C=O) groups is 1. The second-order valence-electron chi connectivity index (χ2n) is 4.91. The molecule has 2 atom stereocenters. The molecule has 0 bridgehead atoms. The SMILES string of the molecule is CCCN1C(=O)CCC(N)C1c1ccc(Cl)c(Br)c1. The van der Waals surface area contributed by atoms with Crippen molar-refractivity contribution in [2.24, 2.45) is 5.73 Å². The van der Waals surface area contributed by atoms with Crippen LogP contribution in [0.3, 0.4) is 0 Å². The fourth-order valence-corrected chi connectivity index (χ4v) is 3.12. The van der Waals surface area contributed by atoms with E-state index < -0.39 is 0 Å². The van der Waals surface area contributed by atoms with Gasteiger partial charge in [-0.05, 0) is 46.5 Å². The van der Waals surface area contributed by atoms with Crippen molar-refractivity contribution in [3.05, 3.63) is 33.3 Å². The zero-order valence-corrected chi connectivity index (χ0v) is 13.2. The minimum absolute atomic E-state index is 0.0164. The Morgan fingerprint density at radius 2 is 2.26 bits per heavy atom. The van der Waals surface area contributed by atoms with Gasteiger partial charge in [-0.1, -0.05) is 24.6 Å². The summed E-state index contributed by atoms with van der Waals surface area (Å²) in [5, 5.41) is 0.668. The van der Waals surface area contributed by atoms with Gasteiger partial charge in [0.05, 0.1) is 11.1 Å². The second kappa shape index (κ2) is 6.25. The summed E-state index contributed by atoms with van der Waals surface area (Å²) in [4.78, 5) is 14.0. The molecule has 1 aliphatic heterocycles. The zero-order valence-electron chi connectivity index (χ0n) is 10.9. The predicted octanol–water partition coefficient (Wildman–Crippen LogP) is 3.50. The highest BCUT2D eigenvalue weighted by molar-refractivity contribution is 9.10. The first kappa shape index (κ1) is 14.8. The largest absolute Gasteiger partial charge is 0.334 e. The number of nitrogens with zero attached hydrogens (tertiary/aromatic N) is 1. The number of benzene rings is 1. The van der Waals surface area contributed by atoms with Crippen molar-refractivity contribution < 1.29 is 4.79 Å². The summed E-state index contributed by atoms with van der Waals surface area (Å²) in [6, 6.07) is 5.70. The van der Waals surface area contributed by atoms with Crippen LogP contribution in [-0.4, -0.2) is 23.4 Å². The van der Waals surface area contributed by atoms with Crippen LogP contribution in [0.15, 0.2) is 22.7 Å². The molecule has 1 saturated heterocycles. The summed E-state index contributed by atoms with van der Waals surface area (Å²) in [5.74, 6) is 0.194. The van der Waals surface area contributed by atoms with Gasteiger partial charge in [-0.25, -0.2) is 0 Å². The summed E-state index contributed by atoms with van der Waals surface area (Å²) >= 11 is 9.45. The van der Waals surface area contributed by atoms with Crippen molar-refractivity contribution in [1.29, 1.82) is 0 Å². The quantitative estimate of drug-likeness (QED) is 0.911. The Balaban J connectivity index is 2.36. The Kier molecular flexibility index (Phi) is 4.87. The summed E-state index contributed by atoms with van der Waals surface area (Å²) in [6.45, 7) is 2.82. The van der Waals surface area contributed by atoms with Gasteiger partial charge in [0, 0.05) is 23.5 Å². The summed E-state index contributed by atoms with van der Waals surface area (Å²) in [6.07, 6.45) is 2.22. The zero-order chi connectivity index (χ0) is 14.0. The summed E-state index contributed by atoms with van der Waals surface area (Å²) < 4.78 is 0.841. The number of amides is 1. The monoisotopic (exact) mass is 344 g/mol. The molecule has 0 radical (unpaired) electrons. The first-order valence-electron chi connectivity index (χ1n) is 6.54. The van der Waals surface area contributed by atoms with Gasteiger partial charge < -0.3 is 10.6 Å². The van der Waals surface area contributed by atoms with Gasteiger partial charge in [0.2, 0.25) is 5.91 Å². The maximum Gasteiger partial charge on any atom is 0.223 e. The van der Waals surface area contributed by atoms with E-state index in [1.807, 2.05) is 23.1 Å². The van der Waals surface area contributed by atoms with Gasteiger partial charge in [0.1, 0.15) is 0 Å². The van der Waals surface area contributed by atoms with Crippen molar-refractivity contribution in [3.63, 3.8) is 0 Å². The molecule has 1 aromatic carbocycles. The number of rotatable bonds is 3. The van der Waals surface area contributed by atoms with E-state index in [1.54, 1.807) is 0 Å². The third kappa shape index (κ3) is 3.12. The molecule has 3 nitrogen and oxygen atoms in total. The highest BCUT2D eigenvalue weighted by atomic mass is 79.9. The maximum absolute atomic E-state index is 12.1. The molecule has 2 N–H and O–H groups in total. The lowest BCUT2D eigenvalue weighted by Crippen LogP contribution is -2.49. The van der Waals surface area contributed by atoms with E-state index in [2.05, 4.69) is 22.9 Å². The van der Waals surface area contributed by atoms with E-state index in [1.165, 1.54) is 0 Å². The molecular formula is C14H18BrClN2O. The van der Waals surface area contributed by atoms with Crippen LogP contribution in [0.4, 0.5) is 0 Å². The third-order valence-electron chi connectivity index (χ3n) is 3.50. The van der Waals surface area contributed by atoms with Crippen LogP contribution in [0.2, 0.25) is 5.02 Å². The van der Waals surface area contributed by atoms with Crippen molar-refractivity contribution in [2.75, 3.05) is 6.54 Å². The molecule has 1 aromatic rings. The Morgan fingerprint density at radius 1 is 1.53 bits per heavy atom. The average Bonchev–Trinajstić information content (AvgIpc) is 2.38. The third-order valence-corrected chi connectivity index (χ3v) is 4.72. The molecule has 19 heavy (non-hydrogen) atoms. The smallest absolute Gasteiger partial charge is 0.223 e. The van der Waals surface area contributed by atoms with Crippen LogP contribution in [0.5, 0.6) is 0 Å². The van der Waals surface area contributed by atoms with E-state index in [0.29, 0.717) is 11.4 Å². The number of piperidine rings is 1.